The van der Waals surface area contributed by atoms with Crippen LogP contribution in [-0.4, -0.2) is 23.3 Å². The number of halogens is 1. The van der Waals surface area contributed by atoms with Crippen LogP contribution < -0.4 is 4.90 Å². The molecule has 0 bridgehead atoms. The molecular weight excluding hydrogens is 226 g/mol. The summed E-state index contributed by atoms with van der Waals surface area (Å²) >= 11 is 5.74. The molecule has 1 unspecified atom stereocenters. The molecule has 1 amide bonds. The van der Waals surface area contributed by atoms with Crippen LogP contribution in [0.25, 0.3) is 0 Å². The van der Waals surface area contributed by atoms with Crippen LogP contribution in [0, 0.1) is 17.2 Å². The van der Waals surface area contributed by atoms with Crippen molar-refractivity contribution in [1.82, 2.24) is 4.98 Å². The summed E-state index contributed by atoms with van der Waals surface area (Å²) < 4.78 is 0. The van der Waals surface area contributed by atoms with Crippen molar-refractivity contribution in [3.63, 3.8) is 0 Å². The molecule has 1 fully saturated rings. The Hall–Kier alpha value is -1.60. The second kappa shape index (κ2) is 4.50. The first kappa shape index (κ1) is 10.9. The zero-order chi connectivity index (χ0) is 11.5. The van der Waals surface area contributed by atoms with Crippen LogP contribution in [0.2, 0.25) is 0 Å². The van der Waals surface area contributed by atoms with E-state index < -0.39 is 0 Å². The monoisotopic (exact) mass is 235 g/mol. The van der Waals surface area contributed by atoms with E-state index in [1.165, 1.54) is 6.20 Å². The van der Waals surface area contributed by atoms with E-state index in [0.717, 1.165) is 0 Å². The molecular formula is C11H10ClN3O. The van der Waals surface area contributed by atoms with Gasteiger partial charge in [-0.25, -0.2) is 0 Å². The maximum atomic E-state index is 11.7. The van der Waals surface area contributed by atoms with E-state index in [4.69, 9.17) is 16.9 Å². The van der Waals surface area contributed by atoms with Crippen molar-refractivity contribution in [2.75, 3.05) is 17.3 Å². The fraction of sp³-hybridized carbons (Fsp3) is 0.364. The molecule has 1 aliphatic rings. The Labute approximate surface area is 98.5 Å². The SMILES string of the molecule is N#Cc1cncc(N2CC(CCl)CC2=O)c1. The summed E-state index contributed by atoms with van der Waals surface area (Å²) in [5.41, 5.74) is 1.14. The lowest BCUT2D eigenvalue weighted by Gasteiger charge is -2.15. The predicted molar refractivity (Wildman–Crippen MR) is 60.1 cm³/mol. The lowest BCUT2D eigenvalue weighted by Crippen LogP contribution is -2.24. The highest BCUT2D eigenvalue weighted by atomic mass is 35.5. The van der Waals surface area contributed by atoms with Crippen LogP contribution >= 0.6 is 11.6 Å². The quantitative estimate of drug-likeness (QED) is 0.731. The number of hydrogen-bond donors (Lipinski definition) is 0. The molecule has 1 aliphatic heterocycles. The molecule has 4 nitrogen and oxygen atoms in total. The van der Waals surface area contributed by atoms with Crippen molar-refractivity contribution in [1.29, 1.82) is 5.26 Å². The molecule has 5 heteroatoms. The average Bonchev–Trinajstić information content (AvgIpc) is 2.71. The fourth-order valence-electron chi connectivity index (χ4n) is 1.77. The number of aromatic nitrogens is 1. The summed E-state index contributed by atoms with van der Waals surface area (Å²) in [5, 5.41) is 8.75. The molecule has 2 rings (SSSR count). The van der Waals surface area contributed by atoms with Gasteiger partial charge in [-0.05, 0) is 12.0 Å². The van der Waals surface area contributed by atoms with Crippen LogP contribution in [0.15, 0.2) is 18.5 Å². The summed E-state index contributed by atoms with van der Waals surface area (Å²) in [7, 11) is 0. The standard InChI is InChI=1S/C11H10ClN3O/c12-3-8-2-11(16)15(7-8)10-1-9(4-13)5-14-6-10/h1,5-6,8H,2-3,7H2. The molecule has 0 aliphatic carbocycles. The van der Waals surface area contributed by atoms with Crippen LogP contribution in [0.1, 0.15) is 12.0 Å². The summed E-state index contributed by atoms with van der Waals surface area (Å²) in [6.07, 6.45) is 3.54. The summed E-state index contributed by atoms with van der Waals surface area (Å²) in [6.45, 7) is 0.610. The van der Waals surface area contributed by atoms with E-state index in [-0.39, 0.29) is 11.8 Å². The largest absolute Gasteiger partial charge is 0.311 e. The number of nitriles is 1. The minimum Gasteiger partial charge on any atom is -0.311 e. The van der Waals surface area contributed by atoms with E-state index in [1.54, 1.807) is 17.2 Å². The van der Waals surface area contributed by atoms with E-state index in [2.05, 4.69) is 4.98 Å². The summed E-state index contributed by atoms with van der Waals surface area (Å²) in [5.74, 6) is 0.718. The molecule has 1 saturated heterocycles. The summed E-state index contributed by atoms with van der Waals surface area (Å²) in [6, 6.07) is 3.67. The Morgan fingerprint density at radius 1 is 1.62 bits per heavy atom. The normalized spacial score (nSPS) is 19.9. The highest BCUT2D eigenvalue weighted by Gasteiger charge is 2.30. The minimum absolute atomic E-state index is 0.0440. The van der Waals surface area contributed by atoms with E-state index >= 15 is 0 Å². The Morgan fingerprint density at radius 2 is 2.44 bits per heavy atom. The smallest absolute Gasteiger partial charge is 0.227 e. The van der Waals surface area contributed by atoms with Gasteiger partial charge in [-0.3, -0.25) is 9.78 Å². The van der Waals surface area contributed by atoms with Gasteiger partial charge in [0.2, 0.25) is 5.91 Å². The van der Waals surface area contributed by atoms with Crippen molar-refractivity contribution in [2.24, 2.45) is 5.92 Å². The zero-order valence-corrected chi connectivity index (χ0v) is 9.31. The maximum absolute atomic E-state index is 11.7. The van der Waals surface area contributed by atoms with Gasteiger partial charge >= 0.3 is 0 Å². The van der Waals surface area contributed by atoms with Crippen molar-refractivity contribution in [3.05, 3.63) is 24.0 Å². The van der Waals surface area contributed by atoms with Gasteiger partial charge in [0.25, 0.3) is 0 Å². The highest BCUT2D eigenvalue weighted by molar-refractivity contribution is 6.18. The fourth-order valence-corrected chi connectivity index (χ4v) is 1.98. The van der Waals surface area contributed by atoms with E-state index in [9.17, 15) is 4.79 Å². The van der Waals surface area contributed by atoms with Gasteiger partial charge in [0.05, 0.1) is 17.4 Å². The second-order valence-corrected chi connectivity index (χ2v) is 4.08. The molecule has 16 heavy (non-hydrogen) atoms. The zero-order valence-electron chi connectivity index (χ0n) is 8.56. The number of hydrogen-bond acceptors (Lipinski definition) is 3. The van der Waals surface area contributed by atoms with Crippen molar-refractivity contribution < 1.29 is 4.79 Å². The molecule has 1 aromatic heterocycles. The average molecular weight is 236 g/mol. The van der Waals surface area contributed by atoms with Gasteiger partial charge in [0, 0.05) is 25.0 Å². The second-order valence-electron chi connectivity index (χ2n) is 3.77. The number of alkyl halides is 1. The van der Waals surface area contributed by atoms with E-state index in [1.807, 2.05) is 6.07 Å². The lowest BCUT2D eigenvalue weighted by atomic mass is 10.1. The van der Waals surface area contributed by atoms with Crippen LogP contribution in [0.5, 0.6) is 0 Å². The number of amides is 1. The van der Waals surface area contributed by atoms with Crippen molar-refractivity contribution >= 4 is 23.2 Å². The van der Waals surface area contributed by atoms with Crippen LogP contribution in [0.4, 0.5) is 5.69 Å². The van der Waals surface area contributed by atoms with Crippen LogP contribution in [0.3, 0.4) is 0 Å². The molecule has 0 radical (unpaired) electrons. The van der Waals surface area contributed by atoms with Gasteiger partial charge in [-0.15, -0.1) is 11.6 Å². The van der Waals surface area contributed by atoms with Gasteiger partial charge in [-0.1, -0.05) is 0 Å². The molecule has 0 saturated carbocycles. The first-order chi connectivity index (χ1) is 7.74. The number of anilines is 1. The number of pyridine rings is 1. The molecule has 0 N–H and O–H groups in total. The van der Waals surface area contributed by atoms with Crippen molar-refractivity contribution in [3.8, 4) is 6.07 Å². The first-order valence-corrected chi connectivity index (χ1v) is 5.49. The summed E-state index contributed by atoms with van der Waals surface area (Å²) in [4.78, 5) is 17.3. The molecule has 1 atom stereocenters. The molecule has 82 valence electrons. The van der Waals surface area contributed by atoms with Crippen molar-refractivity contribution in [2.45, 2.75) is 6.42 Å². The van der Waals surface area contributed by atoms with E-state index in [0.29, 0.717) is 30.1 Å². The Bertz CT molecular complexity index is 455. The Morgan fingerprint density at radius 3 is 3.06 bits per heavy atom. The lowest BCUT2D eigenvalue weighted by molar-refractivity contribution is -0.117. The highest BCUT2D eigenvalue weighted by Crippen LogP contribution is 2.25. The van der Waals surface area contributed by atoms with Gasteiger partial charge in [0.1, 0.15) is 6.07 Å². The Balaban J connectivity index is 2.25. The topological polar surface area (TPSA) is 57.0 Å². The number of rotatable bonds is 2. The molecule has 0 aromatic carbocycles. The maximum Gasteiger partial charge on any atom is 0.227 e. The predicted octanol–water partition coefficient (Wildman–Crippen LogP) is 1.54. The molecule has 1 aromatic rings. The Kier molecular flexibility index (Phi) is 3.07. The number of carbonyl (C=O) groups is 1. The minimum atomic E-state index is 0.0440. The van der Waals surface area contributed by atoms with Gasteiger partial charge in [0.15, 0.2) is 0 Å². The third-order valence-corrected chi connectivity index (χ3v) is 3.02. The molecule has 0 spiro atoms. The third-order valence-electron chi connectivity index (χ3n) is 2.59. The third kappa shape index (κ3) is 2.00. The molecule has 2 heterocycles. The van der Waals surface area contributed by atoms with Crippen LogP contribution in [-0.2, 0) is 4.79 Å². The number of nitrogens with zero attached hydrogens (tertiary/aromatic N) is 3. The number of carbonyl (C=O) groups excluding carboxylic acids is 1. The van der Waals surface area contributed by atoms with Gasteiger partial charge < -0.3 is 4.90 Å². The van der Waals surface area contributed by atoms with Gasteiger partial charge in [-0.2, -0.15) is 5.26 Å². The first-order valence-electron chi connectivity index (χ1n) is 4.96.